The minimum absolute atomic E-state index is 0.262. The van der Waals surface area contributed by atoms with Crippen LogP contribution in [0.25, 0.3) is 11.4 Å². The van der Waals surface area contributed by atoms with E-state index in [1.165, 1.54) is 5.56 Å². The smallest absolute Gasteiger partial charge is 0.323 e. The number of rotatable bonds is 5. The number of benzene rings is 1. The van der Waals surface area contributed by atoms with Gasteiger partial charge in [-0.15, -0.1) is 0 Å². The summed E-state index contributed by atoms with van der Waals surface area (Å²) in [6, 6.07) is 7.76. The van der Waals surface area contributed by atoms with Crippen molar-refractivity contribution in [1.29, 1.82) is 0 Å². The highest BCUT2D eigenvalue weighted by atomic mass is 35.5. The zero-order chi connectivity index (χ0) is 15.4. The van der Waals surface area contributed by atoms with Crippen LogP contribution < -0.4 is 11.0 Å². The molecular formula is C15H14ClN5O. The molecule has 3 N–H and O–H groups in total. The number of aromatic amines is 2. The number of hydrogen-bond acceptors (Lipinski definition) is 4. The predicted molar refractivity (Wildman–Crippen MR) is 86.1 cm³/mol. The standard InChI is InChI=1S/C15H14ClN5O/c16-11-3-1-10(2-4-11)5-6-17-14-9-18-12(7-19-14)13-8-20-15(22)21-13/h1-4,7-9H,5-6H2,(H,17,19)(H2,20,21,22). The van der Waals surface area contributed by atoms with Gasteiger partial charge in [0.15, 0.2) is 0 Å². The summed E-state index contributed by atoms with van der Waals surface area (Å²) in [5.74, 6) is 0.690. The van der Waals surface area contributed by atoms with Gasteiger partial charge in [0.2, 0.25) is 0 Å². The molecule has 2 heterocycles. The molecule has 0 saturated carbocycles. The Morgan fingerprint density at radius 1 is 1.14 bits per heavy atom. The largest absolute Gasteiger partial charge is 0.368 e. The molecule has 0 aliphatic rings. The number of halogens is 1. The van der Waals surface area contributed by atoms with Crippen molar-refractivity contribution >= 4 is 17.4 Å². The first-order valence-electron chi connectivity index (χ1n) is 6.79. The maximum Gasteiger partial charge on any atom is 0.323 e. The lowest BCUT2D eigenvalue weighted by Crippen LogP contribution is -2.06. The minimum atomic E-state index is -0.262. The summed E-state index contributed by atoms with van der Waals surface area (Å²) in [6.07, 6.45) is 5.69. The zero-order valence-corrected chi connectivity index (χ0v) is 12.4. The summed E-state index contributed by atoms with van der Waals surface area (Å²) >= 11 is 5.85. The second-order valence-corrected chi connectivity index (χ2v) is 5.18. The summed E-state index contributed by atoms with van der Waals surface area (Å²) in [5, 5.41) is 3.94. The molecule has 0 aliphatic carbocycles. The molecule has 3 rings (SSSR count). The summed E-state index contributed by atoms with van der Waals surface area (Å²) in [5.41, 5.74) is 2.17. The van der Waals surface area contributed by atoms with E-state index in [0.717, 1.165) is 18.0 Å². The van der Waals surface area contributed by atoms with Gasteiger partial charge >= 0.3 is 5.69 Å². The van der Waals surface area contributed by atoms with Gasteiger partial charge in [-0.05, 0) is 24.1 Å². The van der Waals surface area contributed by atoms with Gasteiger partial charge in [-0.3, -0.25) is 0 Å². The first kappa shape index (κ1) is 14.3. The van der Waals surface area contributed by atoms with Crippen LogP contribution in [0.5, 0.6) is 0 Å². The quantitative estimate of drug-likeness (QED) is 0.675. The zero-order valence-electron chi connectivity index (χ0n) is 11.6. The van der Waals surface area contributed by atoms with Gasteiger partial charge in [0.1, 0.15) is 11.5 Å². The fraction of sp³-hybridized carbons (Fsp3) is 0.133. The number of hydrogen-bond donors (Lipinski definition) is 3. The molecule has 1 aromatic carbocycles. The Labute approximate surface area is 131 Å². The minimum Gasteiger partial charge on any atom is -0.368 e. The average molecular weight is 316 g/mol. The van der Waals surface area contributed by atoms with Crippen LogP contribution in [0, 0.1) is 0 Å². The molecule has 0 bridgehead atoms. The van der Waals surface area contributed by atoms with E-state index in [4.69, 9.17) is 11.6 Å². The third-order valence-corrected chi connectivity index (χ3v) is 3.41. The van der Waals surface area contributed by atoms with Crippen LogP contribution in [0.2, 0.25) is 5.02 Å². The van der Waals surface area contributed by atoms with E-state index in [1.807, 2.05) is 24.3 Å². The van der Waals surface area contributed by atoms with Gasteiger partial charge in [-0.2, -0.15) is 0 Å². The average Bonchev–Trinajstić information content (AvgIpc) is 2.97. The Balaban J connectivity index is 1.57. The number of nitrogens with zero attached hydrogens (tertiary/aromatic N) is 2. The fourth-order valence-corrected chi connectivity index (χ4v) is 2.14. The fourth-order valence-electron chi connectivity index (χ4n) is 2.01. The van der Waals surface area contributed by atoms with Crippen molar-refractivity contribution in [2.75, 3.05) is 11.9 Å². The molecule has 0 amide bonds. The molecule has 22 heavy (non-hydrogen) atoms. The molecular weight excluding hydrogens is 302 g/mol. The highest BCUT2D eigenvalue weighted by Crippen LogP contribution is 2.12. The topological polar surface area (TPSA) is 86.5 Å². The van der Waals surface area contributed by atoms with Crippen molar-refractivity contribution in [3.63, 3.8) is 0 Å². The van der Waals surface area contributed by atoms with Crippen molar-refractivity contribution in [1.82, 2.24) is 19.9 Å². The van der Waals surface area contributed by atoms with Gasteiger partial charge < -0.3 is 15.3 Å². The van der Waals surface area contributed by atoms with E-state index in [0.29, 0.717) is 17.2 Å². The Hall–Kier alpha value is -2.60. The third-order valence-electron chi connectivity index (χ3n) is 3.16. The second kappa shape index (κ2) is 6.44. The number of aromatic nitrogens is 4. The first-order chi connectivity index (χ1) is 10.7. The lowest BCUT2D eigenvalue weighted by Gasteiger charge is -2.06. The molecule has 0 saturated heterocycles. The monoisotopic (exact) mass is 315 g/mol. The molecule has 2 aromatic heterocycles. The van der Waals surface area contributed by atoms with Crippen molar-refractivity contribution in [2.24, 2.45) is 0 Å². The van der Waals surface area contributed by atoms with Crippen molar-refractivity contribution in [2.45, 2.75) is 6.42 Å². The van der Waals surface area contributed by atoms with Crippen LogP contribution >= 0.6 is 11.6 Å². The van der Waals surface area contributed by atoms with Crippen LogP contribution in [-0.4, -0.2) is 26.5 Å². The normalized spacial score (nSPS) is 10.6. The summed E-state index contributed by atoms with van der Waals surface area (Å²) < 4.78 is 0. The second-order valence-electron chi connectivity index (χ2n) is 4.75. The molecule has 0 aliphatic heterocycles. The molecule has 0 atom stereocenters. The van der Waals surface area contributed by atoms with E-state index in [9.17, 15) is 4.79 Å². The molecule has 0 radical (unpaired) electrons. The van der Waals surface area contributed by atoms with E-state index < -0.39 is 0 Å². The summed E-state index contributed by atoms with van der Waals surface area (Å²) in [6.45, 7) is 0.747. The van der Waals surface area contributed by atoms with Gasteiger partial charge in [-0.25, -0.2) is 14.8 Å². The number of H-pyrrole nitrogens is 2. The molecule has 0 unspecified atom stereocenters. The van der Waals surface area contributed by atoms with Crippen LogP contribution in [0.15, 0.2) is 47.7 Å². The van der Waals surface area contributed by atoms with E-state index in [2.05, 4.69) is 25.3 Å². The van der Waals surface area contributed by atoms with Crippen molar-refractivity contribution < 1.29 is 0 Å². The van der Waals surface area contributed by atoms with Crippen molar-refractivity contribution in [3.05, 3.63) is 63.9 Å². The van der Waals surface area contributed by atoms with Crippen LogP contribution in [0.4, 0.5) is 5.82 Å². The van der Waals surface area contributed by atoms with Crippen molar-refractivity contribution in [3.8, 4) is 11.4 Å². The first-order valence-corrected chi connectivity index (χ1v) is 7.17. The number of anilines is 1. The number of imidazole rings is 1. The summed E-state index contributed by atoms with van der Waals surface area (Å²) in [4.78, 5) is 24.8. The molecule has 7 heteroatoms. The molecule has 0 spiro atoms. The Kier molecular flexibility index (Phi) is 4.20. The SMILES string of the molecule is O=c1[nH]cc(-c2cnc(NCCc3ccc(Cl)cc3)cn2)[nH]1. The molecule has 0 fully saturated rings. The van der Waals surface area contributed by atoms with Crippen LogP contribution in [0.1, 0.15) is 5.56 Å². The van der Waals surface area contributed by atoms with E-state index >= 15 is 0 Å². The Morgan fingerprint density at radius 2 is 1.95 bits per heavy atom. The van der Waals surface area contributed by atoms with E-state index in [-0.39, 0.29) is 5.69 Å². The Bertz CT molecular complexity index is 792. The van der Waals surface area contributed by atoms with E-state index in [1.54, 1.807) is 18.6 Å². The predicted octanol–water partition coefficient (Wildman–Crippen LogP) is 2.47. The number of nitrogens with one attached hydrogen (secondary N) is 3. The van der Waals surface area contributed by atoms with Gasteiger partial charge in [-0.1, -0.05) is 23.7 Å². The third kappa shape index (κ3) is 3.53. The van der Waals surface area contributed by atoms with Crippen LogP contribution in [0.3, 0.4) is 0 Å². The molecule has 3 aromatic rings. The maximum atomic E-state index is 11.0. The van der Waals surface area contributed by atoms with Gasteiger partial charge in [0.25, 0.3) is 0 Å². The molecule has 112 valence electrons. The Morgan fingerprint density at radius 3 is 2.59 bits per heavy atom. The molecule has 6 nitrogen and oxygen atoms in total. The van der Waals surface area contributed by atoms with Gasteiger partial charge in [0.05, 0.1) is 18.1 Å². The lowest BCUT2D eigenvalue weighted by atomic mass is 10.1. The maximum absolute atomic E-state index is 11.0. The highest BCUT2D eigenvalue weighted by molar-refractivity contribution is 6.30. The van der Waals surface area contributed by atoms with Crippen LogP contribution in [-0.2, 0) is 6.42 Å². The lowest BCUT2D eigenvalue weighted by molar-refractivity contribution is 1.000. The highest BCUT2D eigenvalue weighted by Gasteiger charge is 2.03. The van der Waals surface area contributed by atoms with Gasteiger partial charge in [0, 0.05) is 17.8 Å². The summed E-state index contributed by atoms with van der Waals surface area (Å²) in [7, 11) is 0.